The Balaban J connectivity index is 3.87. The van der Waals surface area contributed by atoms with Crippen molar-refractivity contribution in [1.29, 1.82) is 0 Å². The second kappa shape index (κ2) is 6.75. The Labute approximate surface area is 107 Å². The van der Waals surface area contributed by atoms with E-state index in [0.717, 1.165) is 0 Å². The van der Waals surface area contributed by atoms with Crippen molar-refractivity contribution in [1.82, 2.24) is 0 Å². The fourth-order valence-electron chi connectivity index (χ4n) is 1.43. The molecule has 0 aliphatic rings. The van der Waals surface area contributed by atoms with E-state index >= 15 is 0 Å². The zero-order chi connectivity index (χ0) is 14.4. The lowest BCUT2D eigenvalue weighted by atomic mass is 10.3. The number of hydrogen-bond acceptors (Lipinski definition) is 6. The van der Waals surface area contributed by atoms with E-state index in [1.807, 2.05) is 0 Å². The molecule has 0 N–H and O–H groups in total. The molecule has 0 aliphatic carbocycles. The van der Waals surface area contributed by atoms with Crippen LogP contribution in [-0.2, 0) is 24.8 Å². The molecular weight excluding hydrogens is 289 g/mol. The molecule has 0 amide bonds. The number of halogens is 1. The molecule has 0 aromatic carbocycles. The summed E-state index contributed by atoms with van der Waals surface area (Å²) in [7, 11) is -5.52. The maximum atomic E-state index is 12.0. The van der Waals surface area contributed by atoms with Crippen LogP contribution in [0, 0.1) is 0 Å². The lowest BCUT2D eigenvalue weighted by Crippen LogP contribution is -2.42. The largest absolute Gasteiger partial charge is 0.748 e. The van der Waals surface area contributed by atoms with Crippen LogP contribution in [-0.4, -0.2) is 65.4 Å². The van der Waals surface area contributed by atoms with Crippen LogP contribution in [0.4, 0.5) is 3.89 Å². The van der Waals surface area contributed by atoms with E-state index in [-0.39, 0.29) is 13.0 Å². The quantitative estimate of drug-likeness (QED) is 0.249. The van der Waals surface area contributed by atoms with Crippen LogP contribution in [0.5, 0.6) is 0 Å². The van der Waals surface area contributed by atoms with Gasteiger partial charge in [-0.05, 0) is 0 Å². The molecule has 0 saturated heterocycles. The number of nitrogens with zero attached hydrogens (tertiary/aromatic N) is 1. The zero-order valence-electron chi connectivity index (χ0n) is 10.3. The third-order valence-corrected chi connectivity index (χ3v) is 3.53. The van der Waals surface area contributed by atoms with Gasteiger partial charge >= 0.3 is 10.5 Å². The summed E-state index contributed by atoms with van der Waals surface area (Å²) in [6.45, 7) is 0.665. The van der Waals surface area contributed by atoms with Gasteiger partial charge in [0, 0.05) is 18.6 Å². The summed E-state index contributed by atoms with van der Waals surface area (Å²) in [5, 5.41) is 0. The van der Waals surface area contributed by atoms with Crippen LogP contribution < -0.4 is 0 Å². The third kappa shape index (κ3) is 12.2. The standard InChI is InChI=1S/C8H18FNO6S2/c1-10(2,6-4-8-17(11,12)13)5-3-7-16-18(9,14)15/h3-8H2,1-2H3. The van der Waals surface area contributed by atoms with Crippen LogP contribution in [0.15, 0.2) is 0 Å². The summed E-state index contributed by atoms with van der Waals surface area (Å²) in [6.07, 6.45) is 0.529. The molecule has 0 atom stereocenters. The minimum atomic E-state index is -4.91. The average molecular weight is 307 g/mol. The van der Waals surface area contributed by atoms with E-state index in [0.29, 0.717) is 24.0 Å². The second-order valence-corrected chi connectivity index (χ2v) is 7.11. The van der Waals surface area contributed by atoms with Crippen molar-refractivity contribution in [3.05, 3.63) is 0 Å². The minimum absolute atomic E-state index is 0.223. The van der Waals surface area contributed by atoms with Gasteiger partial charge in [-0.2, -0.15) is 8.42 Å². The van der Waals surface area contributed by atoms with Crippen molar-refractivity contribution in [3.63, 3.8) is 0 Å². The van der Waals surface area contributed by atoms with E-state index in [1.165, 1.54) is 0 Å². The van der Waals surface area contributed by atoms with Gasteiger partial charge in [0.05, 0.1) is 43.9 Å². The first-order chi connectivity index (χ1) is 7.91. The molecule has 0 heterocycles. The molecule has 110 valence electrons. The molecule has 0 saturated carbocycles. The minimum Gasteiger partial charge on any atom is -0.748 e. The average Bonchev–Trinajstić information content (AvgIpc) is 2.08. The van der Waals surface area contributed by atoms with Gasteiger partial charge in [-0.25, -0.2) is 12.6 Å². The molecule has 0 unspecified atom stereocenters. The zero-order valence-corrected chi connectivity index (χ0v) is 12.0. The smallest absolute Gasteiger partial charge is 0.437 e. The molecule has 18 heavy (non-hydrogen) atoms. The highest BCUT2D eigenvalue weighted by molar-refractivity contribution is 7.85. The Hall–Kier alpha value is -0.290. The van der Waals surface area contributed by atoms with Crippen molar-refractivity contribution in [2.75, 3.05) is 39.5 Å². The number of quaternary nitrogens is 1. The van der Waals surface area contributed by atoms with E-state index < -0.39 is 26.4 Å². The Morgan fingerprint density at radius 3 is 2.06 bits per heavy atom. The Bertz CT molecular complexity index is 444. The number of rotatable bonds is 9. The maximum absolute atomic E-state index is 12.0. The lowest BCUT2D eigenvalue weighted by molar-refractivity contribution is -0.890. The van der Waals surface area contributed by atoms with Gasteiger partial charge < -0.3 is 9.04 Å². The molecule has 0 spiro atoms. The summed E-state index contributed by atoms with van der Waals surface area (Å²) >= 11 is 0. The molecule has 0 bridgehead atoms. The van der Waals surface area contributed by atoms with Crippen LogP contribution >= 0.6 is 0 Å². The molecule has 10 heteroatoms. The topological polar surface area (TPSA) is 101 Å². The highest BCUT2D eigenvalue weighted by Gasteiger charge is 2.16. The van der Waals surface area contributed by atoms with Crippen LogP contribution in [0.3, 0.4) is 0 Å². The van der Waals surface area contributed by atoms with Crippen LogP contribution in [0.1, 0.15) is 12.8 Å². The Morgan fingerprint density at radius 1 is 1.11 bits per heavy atom. The van der Waals surface area contributed by atoms with Gasteiger partial charge in [-0.15, -0.1) is 0 Å². The summed E-state index contributed by atoms with van der Waals surface area (Å²) in [5.41, 5.74) is 0. The van der Waals surface area contributed by atoms with Crippen molar-refractivity contribution < 1.29 is 33.9 Å². The highest BCUT2D eigenvalue weighted by Crippen LogP contribution is 2.04. The first-order valence-corrected chi connectivity index (χ1v) is 8.14. The monoisotopic (exact) mass is 307 g/mol. The predicted molar refractivity (Wildman–Crippen MR) is 61.6 cm³/mol. The van der Waals surface area contributed by atoms with Crippen molar-refractivity contribution in [2.24, 2.45) is 0 Å². The van der Waals surface area contributed by atoms with Crippen molar-refractivity contribution >= 4 is 20.6 Å². The lowest BCUT2D eigenvalue weighted by Gasteiger charge is -2.29. The summed E-state index contributed by atoms with van der Waals surface area (Å²) in [6, 6.07) is 0. The normalized spacial score (nSPS) is 13.8. The van der Waals surface area contributed by atoms with Gasteiger partial charge in [-0.3, -0.25) is 0 Å². The van der Waals surface area contributed by atoms with Gasteiger partial charge in [0.15, 0.2) is 0 Å². The van der Waals surface area contributed by atoms with E-state index in [4.69, 9.17) is 0 Å². The fourth-order valence-corrected chi connectivity index (χ4v) is 2.23. The van der Waals surface area contributed by atoms with Crippen LogP contribution in [0.25, 0.3) is 0 Å². The molecule has 0 fully saturated rings. The Morgan fingerprint density at radius 2 is 1.61 bits per heavy atom. The first kappa shape index (κ1) is 17.7. The molecule has 0 rings (SSSR count). The molecular formula is C8H18FNO6S2. The second-order valence-electron chi connectivity index (χ2n) is 4.57. The summed E-state index contributed by atoms with van der Waals surface area (Å²) in [5.74, 6) is -0.427. The molecule has 0 radical (unpaired) electrons. The predicted octanol–water partition coefficient (Wildman–Crippen LogP) is -0.381. The van der Waals surface area contributed by atoms with Gasteiger partial charge in [0.25, 0.3) is 0 Å². The van der Waals surface area contributed by atoms with Gasteiger partial charge in [0.1, 0.15) is 0 Å². The molecule has 0 aromatic heterocycles. The van der Waals surface area contributed by atoms with Crippen molar-refractivity contribution in [2.45, 2.75) is 12.8 Å². The fraction of sp³-hybridized carbons (Fsp3) is 1.00. The van der Waals surface area contributed by atoms with Crippen LogP contribution in [0.2, 0.25) is 0 Å². The number of hydrogen-bond donors (Lipinski definition) is 0. The van der Waals surface area contributed by atoms with E-state index in [1.54, 1.807) is 14.1 Å². The Kier molecular flexibility index (Phi) is 6.65. The maximum Gasteiger partial charge on any atom is 0.437 e. The summed E-state index contributed by atoms with van der Waals surface area (Å²) in [4.78, 5) is 0. The van der Waals surface area contributed by atoms with E-state index in [2.05, 4.69) is 4.18 Å². The first-order valence-electron chi connectivity index (χ1n) is 5.26. The van der Waals surface area contributed by atoms with Crippen molar-refractivity contribution in [3.8, 4) is 0 Å². The summed E-state index contributed by atoms with van der Waals surface area (Å²) < 4.78 is 67.6. The SMILES string of the molecule is C[N+](C)(CCCOS(=O)(=O)F)CCCS(=O)(=O)[O-]. The molecule has 0 aliphatic heterocycles. The van der Waals surface area contributed by atoms with Gasteiger partial charge in [-0.1, -0.05) is 3.89 Å². The van der Waals surface area contributed by atoms with E-state index in [9.17, 15) is 25.3 Å². The highest BCUT2D eigenvalue weighted by atomic mass is 32.3. The molecule has 0 aromatic rings. The molecule has 7 nitrogen and oxygen atoms in total. The third-order valence-electron chi connectivity index (χ3n) is 2.29. The van der Waals surface area contributed by atoms with Gasteiger partial charge in [0.2, 0.25) is 0 Å².